The van der Waals surface area contributed by atoms with Crippen molar-refractivity contribution in [1.82, 2.24) is 30.2 Å². The van der Waals surface area contributed by atoms with Gasteiger partial charge in [-0.05, 0) is 35.4 Å². The van der Waals surface area contributed by atoms with Crippen LogP contribution in [0.4, 0.5) is 17.5 Å². The van der Waals surface area contributed by atoms with Gasteiger partial charge >= 0.3 is 0 Å². The number of para-hydroxylation sites is 2. The van der Waals surface area contributed by atoms with E-state index in [0.29, 0.717) is 23.6 Å². The van der Waals surface area contributed by atoms with Gasteiger partial charge in [0.05, 0.1) is 16.9 Å². The lowest BCUT2D eigenvalue weighted by Gasteiger charge is -2.13. The predicted octanol–water partition coefficient (Wildman–Crippen LogP) is 2.53. The summed E-state index contributed by atoms with van der Waals surface area (Å²) in [5.74, 6) is 1.99. The Hall–Kier alpha value is -3.03. The van der Waals surface area contributed by atoms with Gasteiger partial charge in [0, 0.05) is 12.2 Å². The molecule has 0 radical (unpaired) electrons. The van der Waals surface area contributed by atoms with Gasteiger partial charge in [0.25, 0.3) is 0 Å². The number of fused-ring (bicyclic) bond motifs is 5. The van der Waals surface area contributed by atoms with Crippen LogP contribution < -0.4 is 10.6 Å². The molecular formula is C16H16N8. The SMILES string of the molecule is c1ccc2c(c1)Nc1nc(NC3CCCC3)ncc1-c1nnnn1-2. The van der Waals surface area contributed by atoms with Gasteiger partial charge < -0.3 is 10.6 Å². The first kappa shape index (κ1) is 13.4. The van der Waals surface area contributed by atoms with Crippen LogP contribution in [0.5, 0.6) is 0 Å². The van der Waals surface area contributed by atoms with E-state index < -0.39 is 0 Å². The topological polar surface area (TPSA) is 93.4 Å². The largest absolute Gasteiger partial charge is 0.351 e. The quantitative estimate of drug-likeness (QED) is 0.586. The zero-order valence-electron chi connectivity index (χ0n) is 13.0. The molecule has 1 saturated carbocycles. The van der Waals surface area contributed by atoms with Crippen LogP contribution in [0.1, 0.15) is 25.7 Å². The molecule has 0 unspecified atom stereocenters. The molecule has 1 aliphatic heterocycles. The minimum Gasteiger partial charge on any atom is -0.351 e. The molecule has 2 aromatic heterocycles. The van der Waals surface area contributed by atoms with Crippen LogP contribution >= 0.6 is 0 Å². The highest BCUT2D eigenvalue weighted by Gasteiger charge is 2.24. The number of nitrogens with one attached hydrogen (secondary N) is 2. The van der Waals surface area contributed by atoms with E-state index in [2.05, 4.69) is 36.1 Å². The van der Waals surface area contributed by atoms with Crippen LogP contribution in [0.3, 0.4) is 0 Å². The zero-order valence-corrected chi connectivity index (χ0v) is 13.0. The number of tetrazole rings is 1. The molecule has 1 aromatic carbocycles. The van der Waals surface area contributed by atoms with Crippen LogP contribution in [0.2, 0.25) is 0 Å². The lowest BCUT2D eigenvalue weighted by atomic mass is 10.2. The molecule has 2 N–H and O–H groups in total. The summed E-state index contributed by atoms with van der Waals surface area (Å²) < 4.78 is 1.71. The first-order valence-electron chi connectivity index (χ1n) is 8.17. The van der Waals surface area contributed by atoms with Crippen molar-refractivity contribution in [2.45, 2.75) is 31.7 Å². The van der Waals surface area contributed by atoms with Crippen molar-refractivity contribution in [3.05, 3.63) is 30.5 Å². The maximum absolute atomic E-state index is 4.67. The third kappa shape index (κ3) is 2.10. The number of hydrogen-bond donors (Lipinski definition) is 2. The molecular weight excluding hydrogens is 304 g/mol. The van der Waals surface area contributed by atoms with E-state index in [-0.39, 0.29) is 0 Å². The summed E-state index contributed by atoms with van der Waals surface area (Å²) in [6.45, 7) is 0. The van der Waals surface area contributed by atoms with Crippen LogP contribution in [-0.2, 0) is 0 Å². The highest BCUT2D eigenvalue weighted by molar-refractivity contribution is 5.81. The second-order valence-electron chi connectivity index (χ2n) is 6.14. The summed E-state index contributed by atoms with van der Waals surface area (Å²) in [5, 5.41) is 18.9. The lowest BCUT2D eigenvalue weighted by molar-refractivity contribution is 0.744. The maximum atomic E-state index is 4.67. The molecule has 2 aliphatic rings. The van der Waals surface area contributed by atoms with E-state index in [0.717, 1.165) is 16.9 Å². The molecule has 24 heavy (non-hydrogen) atoms. The molecule has 8 heteroatoms. The number of aromatic nitrogens is 6. The molecule has 0 saturated heterocycles. The van der Waals surface area contributed by atoms with E-state index >= 15 is 0 Å². The summed E-state index contributed by atoms with van der Waals surface area (Å²) in [6.07, 6.45) is 6.66. The van der Waals surface area contributed by atoms with E-state index in [9.17, 15) is 0 Å². The summed E-state index contributed by atoms with van der Waals surface area (Å²) >= 11 is 0. The molecule has 0 spiro atoms. The van der Waals surface area contributed by atoms with Gasteiger partial charge in [0.1, 0.15) is 5.82 Å². The number of anilines is 3. The van der Waals surface area contributed by atoms with Crippen LogP contribution in [0, 0.1) is 0 Å². The van der Waals surface area contributed by atoms with Crippen LogP contribution in [0.25, 0.3) is 17.1 Å². The molecule has 3 heterocycles. The normalized spacial score (nSPS) is 15.8. The molecule has 120 valence electrons. The average molecular weight is 320 g/mol. The Morgan fingerprint density at radius 3 is 2.96 bits per heavy atom. The van der Waals surface area contributed by atoms with Gasteiger partial charge in [-0.25, -0.2) is 4.98 Å². The maximum Gasteiger partial charge on any atom is 0.224 e. The Morgan fingerprint density at radius 1 is 1.17 bits per heavy atom. The Balaban J connectivity index is 1.60. The summed E-state index contributed by atoms with van der Waals surface area (Å²) in [4.78, 5) is 9.14. The Bertz CT molecular complexity index is 897. The molecule has 8 nitrogen and oxygen atoms in total. The number of hydrogen-bond acceptors (Lipinski definition) is 7. The van der Waals surface area contributed by atoms with Gasteiger partial charge in [-0.15, -0.1) is 5.10 Å². The van der Waals surface area contributed by atoms with Crippen LogP contribution in [-0.4, -0.2) is 36.2 Å². The van der Waals surface area contributed by atoms with E-state index in [1.165, 1.54) is 25.7 Å². The first-order chi connectivity index (χ1) is 11.9. The minimum absolute atomic E-state index is 0.464. The zero-order chi connectivity index (χ0) is 15.9. The van der Waals surface area contributed by atoms with Crippen molar-refractivity contribution >= 4 is 17.5 Å². The van der Waals surface area contributed by atoms with Crippen molar-refractivity contribution < 1.29 is 0 Å². The van der Waals surface area contributed by atoms with Gasteiger partial charge in [-0.2, -0.15) is 9.67 Å². The van der Waals surface area contributed by atoms with Gasteiger partial charge in [-0.1, -0.05) is 25.0 Å². The number of benzene rings is 1. The lowest BCUT2D eigenvalue weighted by Crippen LogP contribution is -2.17. The molecule has 0 atom stereocenters. The van der Waals surface area contributed by atoms with Crippen molar-refractivity contribution in [1.29, 1.82) is 0 Å². The molecule has 1 aliphatic carbocycles. The summed E-state index contributed by atoms with van der Waals surface area (Å²) in [6, 6.07) is 8.35. The smallest absolute Gasteiger partial charge is 0.224 e. The summed E-state index contributed by atoms with van der Waals surface area (Å²) in [7, 11) is 0. The fraction of sp³-hybridized carbons (Fsp3) is 0.312. The van der Waals surface area contributed by atoms with Gasteiger partial charge in [0.2, 0.25) is 5.95 Å². The highest BCUT2D eigenvalue weighted by Crippen LogP contribution is 2.35. The molecule has 3 aromatic rings. The number of nitrogens with zero attached hydrogens (tertiary/aromatic N) is 6. The second kappa shape index (κ2) is 5.26. The third-order valence-corrected chi connectivity index (χ3v) is 4.57. The van der Waals surface area contributed by atoms with Crippen molar-refractivity contribution in [3.8, 4) is 17.1 Å². The standard InChI is InChI=1S/C16H16N8/c1-2-6-10(5-1)18-16-17-9-11-14(20-16)19-12-7-3-4-8-13(12)24-15(11)21-22-23-24/h3-4,7-10H,1-2,5-6H2,(H2,17,18,19,20). The fourth-order valence-corrected chi connectivity index (χ4v) is 3.37. The Morgan fingerprint density at radius 2 is 2.04 bits per heavy atom. The molecule has 0 amide bonds. The molecule has 1 fully saturated rings. The van der Waals surface area contributed by atoms with Gasteiger partial charge in [0.15, 0.2) is 5.82 Å². The average Bonchev–Trinajstić information content (AvgIpc) is 3.26. The summed E-state index contributed by atoms with van der Waals surface area (Å²) in [5.41, 5.74) is 2.59. The van der Waals surface area contributed by atoms with Crippen molar-refractivity contribution in [2.24, 2.45) is 0 Å². The fourth-order valence-electron chi connectivity index (χ4n) is 3.37. The third-order valence-electron chi connectivity index (χ3n) is 4.57. The second-order valence-corrected chi connectivity index (χ2v) is 6.14. The van der Waals surface area contributed by atoms with Crippen molar-refractivity contribution in [2.75, 3.05) is 10.6 Å². The number of rotatable bonds is 2. The monoisotopic (exact) mass is 320 g/mol. The Labute approximate surface area is 138 Å². The van der Waals surface area contributed by atoms with Crippen molar-refractivity contribution in [3.63, 3.8) is 0 Å². The highest BCUT2D eigenvalue weighted by atomic mass is 15.5. The van der Waals surface area contributed by atoms with Gasteiger partial charge in [-0.3, -0.25) is 0 Å². The van der Waals surface area contributed by atoms with E-state index in [4.69, 9.17) is 0 Å². The molecule has 5 rings (SSSR count). The van der Waals surface area contributed by atoms with Crippen LogP contribution in [0.15, 0.2) is 30.5 Å². The Kier molecular flexibility index (Phi) is 2.94. The molecule has 0 bridgehead atoms. The first-order valence-corrected chi connectivity index (χ1v) is 8.17. The van der Waals surface area contributed by atoms with E-state index in [1.54, 1.807) is 10.9 Å². The predicted molar refractivity (Wildman–Crippen MR) is 89.3 cm³/mol. The van der Waals surface area contributed by atoms with E-state index in [1.807, 2.05) is 24.3 Å². The minimum atomic E-state index is 0.464.